The van der Waals surface area contributed by atoms with Crippen LogP contribution in [0.5, 0.6) is 0 Å². The van der Waals surface area contributed by atoms with Gasteiger partial charge in [0.2, 0.25) is 0 Å². The number of rotatable bonds is 1. The van der Waals surface area contributed by atoms with Gasteiger partial charge in [-0.25, -0.2) is 0 Å². The Hall–Kier alpha value is -2.12. The summed E-state index contributed by atoms with van der Waals surface area (Å²) >= 11 is 3.64. The van der Waals surface area contributed by atoms with Crippen LogP contribution in [0.3, 0.4) is 0 Å². The van der Waals surface area contributed by atoms with Crippen molar-refractivity contribution in [3.8, 4) is 11.1 Å². The lowest BCUT2D eigenvalue weighted by Crippen LogP contribution is -1.84. The summed E-state index contributed by atoms with van der Waals surface area (Å²) in [5.74, 6) is 0. The zero-order valence-electron chi connectivity index (χ0n) is 11.4. The SMILES string of the molecule is Brc1cc(-c2cccc3ccccc23)c2ccccc2c1. The van der Waals surface area contributed by atoms with E-state index in [-0.39, 0.29) is 0 Å². The molecule has 0 saturated heterocycles. The van der Waals surface area contributed by atoms with Crippen molar-refractivity contribution in [2.75, 3.05) is 0 Å². The Morgan fingerprint density at radius 1 is 0.524 bits per heavy atom. The van der Waals surface area contributed by atoms with Gasteiger partial charge in [-0.05, 0) is 44.8 Å². The Morgan fingerprint density at radius 3 is 1.95 bits per heavy atom. The number of fused-ring (bicyclic) bond motifs is 2. The Balaban J connectivity index is 2.14. The molecule has 0 aliphatic rings. The molecule has 0 radical (unpaired) electrons. The molecule has 0 aromatic heterocycles. The molecule has 4 aromatic rings. The van der Waals surface area contributed by atoms with E-state index < -0.39 is 0 Å². The first-order valence-electron chi connectivity index (χ1n) is 6.99. The maximum Gasteiger partial charge on any atom is 0.0187 e. The van der Waals surface area contributed by atoms with E-state index in [2.05, 4.69) is 94.8 Å². The Bertz CT molecular complexity index is 949. The molecule has 0 fully saturated rings. The largest absolute Gasteiger partial charge is 0.0616 e. The van der Waals surface area contributed by atoms with Crippen molar-refractivity contribution in [3.63, 3.8) is 0 Å². The molecule has 100 valence electrons. The Morgan fingerprint density at radius 2 is 1.14 bits per heavy atom. The maximum absolute atomic E-state index is 3.64. The van der Waals surface area contributed by atoms with Crippen LogP contribution in [0.25, 0.3) is 32.7 Å². The number of hydrogen-bond acceptors (Lipinski definition) is 0. The Labute approximate surface area is 132 Å². The van der Waals surface area contributed by atoms with Gasteiger partial charge in [0.1, 0.15) is 0 Å². The monoisotopic (exact) mass is 332 g/mol. The van der Waals surface area contributed by atoms with Gasteiger partial charge >= 0.3 is 0 Å². The average Bonchev–Trinajstić information content (AvgIpc) is 2.53. The second kappa shape index (κ2) is 5.01. The molecule has 4 aromatic carbocycles. The standard InChI is InChI=1S/C20H13Br/c21-16-12-15-7-2-4-10-18(15)20(13-16)19-11-5-8-14-6-1-3-9-17(14)19/h1-13H. The molecule has 21 heavy (non-hydrogen) atoms. The highest BCUT2D eigenvalue weighted by Crippen LogP contribution is 2.35. The zero-order chi connectivity index (χ0) is 14.2. The third-order valence-electron chi connectivity index (χ3n) is 3.91. The molecule has 0 amide bonds. The summed E-state index contributed by atoms with van der Waals surface area (Å²) in [5.41, 5.74) is 2.56. The molecule has 0 nitrogen and oxygen atoms in total. The quantitative estimate of drug-likeness (QED) is 0.377. The van der Waals surface area contributed by atoms with E-state index in [0.29, 0.717) is 0 Å². The fourth-order valence-corrected chi connectivity index (χ4v) is 3.43. The molecule has 4 rings (SSSR count). The number of halogens is 1. The molecule has 0 spiro atoms. The molecule has 0 unspecified atom stereocenters. The van der Waals surface area contributed by atoms with Gasteiger partial charge in [0, 0.05) is 4.47 Å². The molecule has 0 saturated carbocycles. The lowest BCUT2D eigenvalue weighted by molar-refractivity contribution is 1.66. The van der Waals surface area contributed by atoms with Crippen LogP contribution in [-0.2, 0) is 0 Å². The topological polar surface area (TPSA) is 0 Å². The van der Waals surface area contributed by atoms with Crippen LogP contribution in [0.1, 0.15) is 0 Å². The van der Waals surface area contributed by atoms with E-state index in [1.54, 1.807) is 0 Å². The van der Waals surface area contributed by atoms with Gasteiger partial charge in [0.15, 0.2) is 0 Å². The second-order valence-electron chi connectivity index (χ2n) is 5.20. The molecule has 0 atom stereocenters. The van der Waals surface area contributed by atoms with Gasteiger partial charge in [0.05, 0.1) is 0 Å². The summed E-state index contributed by atoms with van der Waals surface area (Å²) in [6.45, 7) is 0. The third-order valence-corrected chi connectivity index (χ3v) is 4.36. The first-order chi connectivity index (χ1) is 10.3. The van der Waals surface area contributed by atoms with Gasteiger partial charge < -0.3 is 0 Å². The van der Waals surface area contributed by atoms with Crippen molar-refractivity contribution in [2.24, 2.45) is 0 Å². The van der Waals surface area contributed by atoms with Crippen molar-refractivity contribution in [1.82, 2.24) is 0 Å². The predicted molar refractivity (Wildman–Crippen MR) is 94.6 cm³/mol. The second-order valence-corrected chi connectivity index (χ2v) is 6.12. The van der Waals surface area contributed by atoms with Gasteiger partial charge in [-0.2, -0.15) is 0 Å². The van der Waals surface area contributed by atoms with E-state index in [1.165, 1.54) is 32.7 Å². The highest BCUT2D eigenvalue weighted by atomic mass is 79.9. The molecule has 0 bridgehead atoms. The highest BCUT2D eigenvalue weighted by Gasteiger charge is 2.08. The van der Waals surface area contributed by atoms with Crippen LogP contribution in [0.15, 0.2) is 83.3 Å². The van der Waals surface area contributed by atoms with E-state index >= 15 is 0 Å². The number of benzene rings is 4. The van der Waals surface area contributed by atoms with Crippen molar-refractivity contribution in [2.45, 2.75) is 0 Å². The minimum atomic E-state index is 1.11. The fraction of sp³-hybridized carbons (Fsp3) is 0. The van der Waals surface area contributed by atoms with Gasteiger partial charge in [0.25, 0.3) is 0 Å². The summed E-state index contributed by atoms with van der Waals surface area (Å²) in [4.78, 5) is 0. The summed E-state index contributed by atoms with van der Waals surface area (Å²) < 4.78 is 1.11. The molecular formula is C20H13Br. The summed E-state index contributed by atoms with van der Waals surface area (Å²) in [6, 6.07) is 28.0. The van der Waals surface area contributed by atoms with Gasteiger partial charge in [-0.3, -0.25) is 0 Å². The van der Waals surface area contributed by atoms with E-state index in [1.807, 2.05) is 0 Å². The van der Waals surface area contributed by atoms with Crippen LogP contribution in [0, 0.1) is 0 Å². The van der Waals surface area contributed by atoms with Crippen LogP contribution in [-0.4, -0.2) is 0 Å². The smallest absolute Gasteiger partial charge is 0.0187 e. The average molecular weight is 333 g/mol. The van der Waals surface area contributed by atoms with Crippen molar-refractivity contribution in [3.05, 3.63) is 83.3 Å². The zero-order valence-corrected chi connectivity index (χ0v) is 13.0. The summed E-state index contributed by atoms with van der Waals surface area (Å²) in [5, 5.41) is 5.12. The fourth-order valence-electron chi connectivity index (χ4n) is 2.96. The lowest BCUT2D eigenvalue weighted by atomic mass is 9.94. The van der Waals surface area contributed by atoms with Crippen molar-refractivity contribution in [1.29, 1.82) is 0 Å². The van der Waals surface area contributed by atoms with E-state index in [4.69, 9.17) is 0 Å². The lowest BCUT2D eigenvalue weighted by Gasteiger charge is -2.11. The first kappa shape index (κ1) is 12.6. The van der Waals surface area contributed by atoms with Crippen LogP contribution in [0.2, 0.25) is 0 Å². The Kier molecular flexibility index (Phi) is 3.01. The molecule has 1 heteroatoms. The molecule has 0 aliphatic heterocycles. The van der Waals surface area contributed by atoms with Crippen molar-refractivity contribution >= 4 is 37.5 Å². The number of hydrogen-bond donors (Lipinski definition) is 0. The van der Waals surface area contributed by atoms with Gasteiger partial charge in [-0.15, -0.1) is 0 Å². The van der Waals surface area contributed by atoms with Gasteiger partial charge in [-0.1, -0.05) is 82.7 Å². The highest BCUT2D eigenvalue weighted by molar-refractivity contribution is 9.10. The van der Waals surface area contributed by atoms with E-state index in [9.17, 15) is 0 Å². The third kappa shape index (κ3) is 2.14. The van der Waals surface area contributed by atoms with Crippen molar-refractivity contribution < 1.29 is 0 Å². The van der Waals surface area contributed by atoms with Crippen LogP contribution >= 0.6 is 15.9 Å². The minimum absolute atomic E-state index is 1.11. The molecule has 0 heterocycles. The maximum atomic E-state index is 3.64. The molecular weight excluding hydrogens is 320 g/mol. The van der Waals surface area contributed by atoms with E-state index in [0.717, 1.165) is 4.47 Å². The molecule has 0 aliphatic carbocycles. The first-order valence-corrected chi connectivity index (χ1v) is 7.79. The predicted octanol–water partition coefficient (Wildman–Crippen LogP) is 6.42. The summed E-state index contributed by atoms with van der Waals surface area (Å²) in [6.07, 6.45) is 0. The van der Waals surface area contributed by atoms with Crippen LogP contribution < -0.4 is 0 Å². The minimum Gasteiger partial charge on any atom is -0.0616 e. The summed E-state index contributed by atoms with van der Waals surface area (Å²) in [7, 11) is 0. The molecule has 0 N–H and O–H groups in total. The van der Waals surface area contributed by atoms with Crippen LogP contribution in [0.4, 0.5) is 0 Å². The normalized spacial score (nSPS) is 11.1.